The molecule has 0 saturated carbocycles. The number of anilines is 1. The first kappa shape index (κ1) is 18.3. The first-order valence-corrected chi connectivity index (χ1v) is 7.23. The molecule has 2 aromatic rings. The Morgan fingerprint density at radius 2 is 2.08 bits per heavy atom. The molecule has 0 radical (unpaired) electrons. The highest BCUT2D eigenvalue weighted by Gasteiger charge is 2.31. The smallest absolute Gasteiger partial charge is 0.416 e. The van der Waals surface area contributed by atoms with E-state index >= 15 is 0 Å². The summed E-state index contributed by atoms with van der Waals surface area (Å²) < 4.78 is 43.9. The summed E-state index contributed by atoms with van der Waals surface area (Å²) in [5.41, 5.74) is -0.737. The number of methoxy groups -OCH3 is 1. The summed E-state index contributed by atoms with van der Waals surface area (Å²) in [5.74, 6) is -0.541. The van der Waals surface area contributed by atoms with E-state index in [0.717, 1.165) is 17.0 Å². The number of hydrogen-bond acceptors (Lipinski definition) is 4. The van der Waals surface area contributed by atoms with Gasteiger partial charge in [0, 0.05) is 18.4 Å². The molecule has 2 rings (SSSR count). The van der Waals surface area contributed by atoms with Crippen molar-refractivity contribution in [2.45, 2.75) is 12.6 Å². The molecule has 0 aliphatic rings. The quantitative estimate of drug-likeness (QED) is 0.826. The molecule has 1 amide bonds. The number of ether oxygens (including phenoxy) is 1. The molecule has 0 spiro atoms. The number of benzene rings is 1. The van der Waals surface area contributed by atoms with Gasteiger partial charge in [-0.05, 0) is 30.3 Å². The number of halogens is 3. The second-order valence-corrected chi connectivity index (χ2v) is 4.97. The average molecular weight is 349 g/mol. The Morgan fingerprint density at radius 3 is 2.72 bits per heavy atom. The van der Waals surface area contributed by atoms with Crippen LogP contribution in [0.1, 0.15) is 22.3 Å². The van der Waals surface area contributed by atoms with E-state index in [1.54, 1.807) is 0 Å². The maximum atomic E-state index is 12.9. The first-order valence-electron chi connectivity index (χ1n) is 7.23. The number of nitriles is 1. The van der Waals surface area contributed by atoms with E-state index in [4.69, 9.17) is 10.00 Å². The Labute approximate surface area is 142 Å². The summed E-state index contributed by atoms with van der Waals surface area (Å²) in [6.07, 6.45) is -3.14. The van der Waals surface area contributed by atoms with Gasteiger partial charge in [0.15, 0.2) is 0 Å². The van der Waals surface area contributed by atoms with Crippen molar-refractivity contribution in [1.82, 2.24) is 4.98 Å². The van der Waals surface area contributed by atoms with Crippen LogP contribution < -0.4 is 9.64 Å². The zero-order chi connectivity index (χ0) is 18.4. The zero-order valence-electron chi connectivity index (χ0n) is 13.2. The lowest BCUT2D eigenvalue weighted by molar-refractivity contribution is -0.137. The molecule has 0 saturated heterocycles. The number of carbonyl (C=O) groups is 1. The topological polar surface area (TPSA) is 66.2 Å². The van der Waals surface area contributed by atoms with Gasteiger partial charge in [0.2, 0.25) is 5.88 Å². The third kappa shape index (κ3) is 4.26. The van der Waals surface area contributed by atoms with Gasteiger partial charge in [0.05, 0.1) is 25.2 Å². The number of nitrogens with zero attached hydrogens (tertiary/aromatic N) is 3. The number of carbonyl (C=O) groups excluding carboxylic acids is 1. The molecule has 1 aromatic heterocycles. The number of aromatic nitrogens is 1. The van der Waals surface area contributed by atoms with Crippen LogP contribution in [0.3, 0.4) is 0 Å². The van der Waals surface area contributed by atoms with Gasteiger partial charge in [-0.2, -0.15) is 18.4 Å². The van der Waals surface area contributed by atoms with E-state index in [9.17, 15) is 18.0 Å². The highest BCUT2D eigenvalue weighted by molar-refractivity contribution is 6.07. The van der Waals surface area contributed by atoms with Crippen molar-refractivity contribution in [2.24, 2.45) is 0 Å². The molecule has 0 bridgehead atoms. The van der Waals surface area contributed by atoms with Gasteiger partial charge in [-0.1, -0.05) is 6.07 Å². The van der Waals surface area contributed by atoms with E-state index in [1.807, 2.05) is 6.07 Å². The third-order valence-corrected chi connectivity index (χ3v) is 3.37. The van der Waals surface area contributed by atoms with Crippen LogP contribution >= 0.6 is 0 Å². The maximum absolute atomic E-state index is 12.9. The number of hydrogen-bond donors (Lipinski definition) is 0. The van der Waals surface area contributed by atoms with Crippen molar-refractivity contribution in [3.63, 3.8) is 0 Å². The minimum Gasteiger partial charge on any atom is -0.480 e. The summed E-state index contributed by atoms with van der Waals surface area (Å²) in [5, 5.41) is 8.79. The molecular weight excluding hydrogens is 335 g/mol. The number of rotatable bonds is 5. The molecule has 0 unspecified atom stereocenters. The number of pyridine rings is 1. The molecule has 0 atom stereocenters. The molecule has 0 aliphatic heterocycles. The monoisotopic (exact) mass is 349 g/mol. The van der Waals surface area contributed by atoms with Crippen LogP contribution in [0.5, 0.6) is 5.88 Å². The fraction of sp³-hybridized carbons (Fsp3) is 0.235. The normalized spacial score (nSPS) is 10.8. The molecule has 8 heteroatoms. The standard InChI is InChI=1S/C17H14F3N3O2/c1-25-15-14(7-3-9-22-15)16(24)23(10-4-8-21)13-6-2-5-12(11-13)17(18,19)20/h2-3,5-7,9,11H,4,10H2,1H3. The van der Waals surface area contributed by atoms with Crippen LogP contribution in [0.2, 0.25) is 0 Å². The van der Waals surface area contributed by atoms with Gasteiger partial charge >= 0.3 is 6.18 Å². The van der Waals surface area contributed by atoms with Crippen molar-refractivity contribution < 1.29 is 22.7 Å². The number of alkyl halides is 3. The zero-order valence-corrected chi connectivity index (χ0v) is 13.2. The third-order valence-electron chi connectivity index (χ3n) is 3.37. The lowest BCUT2D eigenvalue weighted by atomic mass is 10.1. The maximum Gasteiger partial charge on any atom is 0.416 e. The van der Waals surface area contributed by atoms with Gasteiger partial charge < -0.3 is 9.64 Å². The van der Waals surface area contributed by atoms with Crippen LogP contribution in [0.4, 0.5) is 18.9 Å². The minimum atomic E-state index is -4.54. The van der Waals surface area contributed by atoms with Crippen molar-refractivity contribution in [2.75, 3.05) is 18.6 Å². The SMILES string of the molecule is COc1ncccc1C(=O)N(CCC#N)c1cccc(C(F)(F)F)c1. The number of amides is 1. The van der Waals surface area contributed by atoms with E-state index in [-0.39, 0.29) is 30.1 Å². The van der Waals surface area contributed by atoms with E-state index < -0.39 is 17.6 Å². The van der Waals surface area contributed by atoms with E-state index in [0.29, 0.717) is 0 Å². The lowest BCUT2D eigenvalue weighted by Gasteiger charge is -2.23. The van der Waals surface area contributed by atoms with Gasteiger partial charge in [-0.15, -0.1) is 0 Å². The summed E-state index contributed by atoms with van der Waals surface area (Å²) in [7, 11) is 1.34. The second kappa shape index (κ2) is 7.66. The summed E-state index contributed by atoms with van der Waals surface area (Å²) in [6.45, 7) is -0.0608. The average Bonchev–Trinajstić information content (AvgIpc) is 2.61. The van der Waals surface area contributed by atoms with Gasteiger partial charge in [-0.25, -0.2) is 4.98 Å². The molecule has 1 aromatic carbocycles. The summed E-state index contributed by atoms with van der Waals surface area (Å²) in [6, 6.07) is 9.25. The Balaban J connectivity index is 2.46. The predicted octanol–water partition coefficient (Wildman–Crippen LogP) is 3.67. The van der Waals surface area contributed by atoms with Crippen molar-refractivity contribution in [3.8, 4) is 11.9 Å². The largest absolute Gasteiger partial charge is 0.480 e. The van der Waals surface area contributed by atoms with Crippen molar-refractivity contribution in [3.05, 3.63) is 53.7 Å². The van der Waals surface area contributed by atoms with Crippen LogP contribution in [-0.2, 0) is 6.18 Å². The second-order valence-electron chi connectivity index (χ2n) is 4.97. The Hall–Kier alpha value is -3.08. The van der Waals surface area contributed by atoms with Crippen LogP contribution in [0.25, 0.3) is 0 Å². The van der Waals surface area contributed by atoms with Crippen molar-refractivity contribution >= 4 is 11.6 Å². The molecular formula is C17H14F3N3O2. The molecule has 25 heavy (non-hydrogen) atoms. The van der Waals surface area contributed by atoms with Gasteiger partial charge in [0.25, 0.3) is 5.91 Å². The summed E-state index contributed by atoms with van der Waals surface area (Å²) >= 11 is 0. The highest BCUT2D eigenvalue weighted by atomic mass is 19.4. The molecule has 0 fully saturated rings. The Bertz CT molecular complexity index is 800. The Morgan fingerprint density at radius 1 is 1.32 bits per heavy atom. The molecule has 0 aliphatic carbocycles. The van der Waals surface area contributed by atoms with E-state index in [2.05, 4.69) is 4.98 Å². The fourth-order valence-corrected chi connectivity index (χ4v) is 2.22. The fourth-order valence-electron chi connectivity index (χ4n) is 2.22. The van der Waals surface area contributed by atoms with Crippen LogP contribution in [0, 0.1) is 11.3 Å². The first-order chi connectivity index (χ1) is 11.9. The van der Waals surface area contributed by atoms with Crippen LogP contribution in [-0.4, -0.2) is 24.5 Å². The summed E-state index contributed by atoms with van der Waals surface area (Å²) in [4.78, 5) is 17.8. The molecule has 0 N–H and O–H groups in total. The predicted molar refractivity (Wildman–Crippen MR) is 84.1 cm³/mol. The highest BCUT2D eigenvalue weighted by Crippen LogP contribution is 2.32. The van der Waals surface area contributed by atoms with E-state index in [1.165, 1.54) is 37.6 Å². The Kier molecular flexibility index (Phi) is 5.60. The molecule has 130 valence electrons. The molecule has 5 nitrogen and oxygen atoms in total. The van der Waals surface area contributed by atoms with Gasteiger partial charge in [-0.3, -0.25) is 4.79 Å². The van der Waals surface area contributed by atoms with Crippen molar-refractivity contribution in [1.29, 1.82) is 5.26 Å². The van der Waals surface area contributed by atoms with Crippen LogP contribution in [0.15, 0.2) is 42.6 Å². The molecule has 1 heterocycles. The lowest BCUT2D eigenvalue weighted by Crippen LogP contribution is -2.32. The van der Waals surface area contributed by atoms with Gasteiger partial charge in [0.1, 0.15) is 5.56 Å². The minimum absolute atomic E-state index is 0.0371.